The van der Waals surface area contributed by atoms with Crippen LogP contribution in [0.1, 0.15) is 22.3 Å². The van der Waals surface area contributed by atoms with Crippen LogP contribution in [-0.4, -0.2) is 75.5 Å². The lowest BCUT2D eigenvalue weighted by molar-refractivity contribution is -0.142. The average molecular weight is 719 g/mol. The molecule has 4 amide bonds. The monoisotopic (exact) mass is 718 g/mol. The summed E-state index contributed by atoms with van der Waals surface area (Å²) in [5.74, 6) is -3.82. The van der Waals surface area contributed by atoms with Crippen LogP contribution in [0.3, 0.4) is 0 Å². The Morgan fingerprint density at radius 1 is 0.604 bits per heavy atom. The van der Waals surface area contributed by atoms with Crippen molar-refractivity contribution in [2.24, 2.45) is 5.73 Å². The minimum absolute atomic E-state index is 0.0253. The number of carboxylic acids is 1. The van der Waals surface area contributed by atoms with Crippen molar-refractivity contribution in [3.63, 3.8) is 0 Å². The van der Waals surface area contributed by atoms with Gasteiger partial charge in [-0.2, -0.15) is 0 Å². The highest BCUT2D eigenvalue weighted by atomic mass is 16.4. The summed E-state index contributed by atoms with van der Waals surface area (Å²) >= 11 is 0. The SMILES string of the molecule is NC(Cc1ccc(O)cc1)C(=O)NCC(=O)NC(Cc1c[nH]c2ccccc12)C(=O)NC(Cc1ccccc1)C(=O)NC(Cc1ccccc1)C(=O)O. The van der Waals surface area contributed by atoms with Gasteiger partial charge in [-0.25, -0.2) is 4.79 Å². The fraction of sp³-hybridized carbons (Fsp3) is 0.225. The molecule has 0 spiro atoms. The molecular weight excluding hydrogens is 676 g/mol. The molecule has 9 N–H and O–H groups in total. The number of nitrogens with one attached hydrogen (secondary N) is 5. The Bertz CT molecular complexity index is 2020. The Morgan fingerprint density at radius 2 is 1.13 bits per heavy atom. The maximum atomic E-state index is 14.1. The van der Waals surface area contributed by atoms with Crippen LogP contribution in [0.5, 0.6) is 5.75 Å². The van der Waals surface area contributed by atoms with E-state index in [-0.39, 0.29) is 31.4 Å². The van der Waals surface area contributed by atoms with Crippen molar-refractivity contribution in [2.45, 2.75) is 49.9 Å². The van der Waals surface area contributed by atoms with E-state index < -0.39 is 60.3 Å². The third-order valence-electron chi connectivity index (χ3n) is 8.72. The summed E-state index contributed by atoms with van der Waals surface area (Å²) in [4.78, 5) is 69.2. The van der Waals surface area contributed by atoms with Gasteiger partial charge in [0.05, 0.1) is 12.6 Å². The van der Waals surface area contributed by atoms with E-state index in [0.29, 0.717) is 16.7 Å². The summed E-state index contributed by atoms with van der Waals surface area (Å²) in [6.07, 6.45) is 1.99. The molecule has 0 saturated heterocycles. The smallest absolute Gasteiger partial charge is 0.326 e. The molecular formula is C40H42N6O7. The van der Waals surface area contributed by atoms with Gasteiger partial charge in [0.1, 0.15) is 23.9 Å². The molecule has 4 unspecified atom stereocenters. The second-order valence-electron chi connectivity index (χ2n) is 12.7. The molecule has 5 aromatic rings. The van der Waals surface area contributed by atoms with E-state index in [1.807, 2.05) is 30.3 Å². The lowest BCUT2D eigenvalue weighted by Crippen LogP contribution is -2.58. The van der Waals surface area contributed by atoms with Gasteiger partial charge in [0.15, 0.2) is 0 Å². The van der Waals surface area contributed by atoms with Crippen LogP contribution in [0.15, 0.2) is 115 Å². The summed E-state index contributed by atoms with van der Waals surface area (Å²) in [7, 11) is 0. The van der Waals surface area contributed by atoms with Crippen LogP contribution in [0.4, 0.5) is 0 Å². The minimum Gasteiger partial charge on any atom is -0.508 e. The van der Waals surface area contributed by atoms with E-state index in [2.05, 4.69) is 26.3 Å². The summed E-state index contributed by atoms with van der Waals surface area (Å²) in [6, 6.07) is 26.8. The molecule has 5 rings (SSSR count). The number of phenolic OH excluding ortho intramolecular Hbond substituents is 1. The molecule has 4 aromatic carbocycles. The molecule has 13 nitrogen and oxygen atoms in total. The number of aromatic hydroxyl groups is 1. The number of nitrogens with two attached hydrogens (primary N) is 1. The lowest BCUT2D eigenvalue weighted by Gasteiger charge is -2.25. The molecule has 53 heavy (non-hydrogen) atoms. The lowest BCUT2D eigenvalue weighted by atomic mass is 10.0. The van der Waals surface area contributed by atoms with E-state index in [1.54, 1.807) is 72.9 Å². The van der Waals surface area contributed by atoms with Gasteiger partial charge in [-0.1, -0.05) is 91.0 Å². The Labute approximate surface area is 306 Å². The van der Waals surface area contributed by atoms with Crippen LogP contribution in [-0.2, 0) is 49.7 Å². The molecule has 1 heterocycles. The van der Waals surface area contributed by atoms with Gasteiger partial charge in [-0.15, -0.1) is 0 Å². The third kappa shape index (κ3) is 11.0. The fourth-order valence-corrected chi connectivity index (χ4v) is 5.91. The zero-order valence-corrected chi connectivity index (χ0v) is 28.8. The number of phenols is 1. The topological polar surface area (TPSA) is 216 Å². The van der Waals surface area contributed by atoms with Gasteiger partial charge in [-0.05, 0) is 46.9 Å². The molecule has 0 saturated carbocycles. The summed E-state index contributed by atoms with van der Waals surface area (Å²) in [5, 5.41) is 30.9. The van der Waals surface area contributed by atoms with Crippen LogP contribution < -0.4 is 27.0 Å². The number of carbonyl (C=O) groups excluding carboxylic acids is 4. The molecule has 0 fully saturated rings. The quantitative estimate of drug-likeness (QED) is 0.0711. The molecule has 0 aliphatic carbocycles. The van der Waals surface area contributed by atoms with Gasteiger partial charge < -0.3 is 42.2 Å². The zero-order valence-electron chi connectivity index (χ0n) is 28.8. The minimum atomic E-state index is -1.27. The molecule has 0 radical (unpaired) electrons. The predicted molar refractivity (Wildman–Crippen MR) is 199 cm³/mol. The Hall–Kier alpha value is -6.47. The standard InChI is InChI=1S/C40H42N6O7/c41-31(19-27-15-17-29(47)18-16-27)37(49)43-24-36(48)44-34(22-28-23-42-32-14-8-7-13-30(28)32)39(51)45-33(20-25-9-3-1-4-10-25)38(50)46-35(40(52)53)21-26-11-5-2-6-12-26/h1-18,23,31,33-35,42,47H,19-22,24,41H2,(H,43,49)(H,44,48)(H,45,51)(H,46,50)(H,52,53). The van der Waals surface area contributed by atoms with Crippen LogP contribution in [0.25, 0.3) is 10.9 Å². The van der Waals surface area contributed by atoms with Gasteiger partial charge >= 0.3 is 5.97 Å². The van der Waals surface area contributed by atoms with E-state index >= 15 is 0 Å². The summed E-state index contributed by atoms with van der Waals surface area (Å²) < 4.78 is 0. The number of rotatable bonds is 17. The van der Waals surface area contributed by atoms with Crippen molar-refractivity contribution >= 4 is 40.5 Å². The number of H-pyrrole nitrogens is 1. The van der Waals surface area contributed by atoms with Gasteiger partial charge in [0.2, 0.25) is 23.6 Å². The van der Waals surface area contributed by atoms with Crippen molar-refractivity contribution in [1.82, 2.24) is 26.3 Å². The van der Waals surface area contributed by atoms with E-state index in [1.165, 1.54) is 12.1 Å². The molecule has 0 aliphatic heterocycles. The fourth-order valence-electron chi connectivity index (χ4n) is 5.91. The van der Waals surface area contributed by atoms with Crippen molar-refractivity contribution in [3.8, 4) is 5.75 Å². The van der Waals surface area contributed by atoms with Crippen LogP contribution in [0.2, 0.25) is 0 Å². The third-order valence-corrected chi connectivity index (χ3v) is 8.72. The second kappa shape index (κ2) is 18.1. The highest BCUT2D eigenvalue weighted by molar-refractivity contribution is 5.95. The largest absolute Gasteiger partial charge is 0.508 e. The molecule has 0 bridgehead atoms. The molecule has 1 aromatic heterocycles. The van der Waals surface area contributed by atoms with Gasteiger partial charge in [0, 0.05) is 36.4 Å². The molecule has 4 atom stereocenters. The Kier molecular flexibility index (Phi) is 12.9. The normalized spacial score (nSPS) is 13.2. The number of carbonyl (C=O) groups is 5. The van der Waals surface area contributed by atoms with E-state index in [0.717, 1.165) is 16.5 Å². The highest BCUT2D eigenvalue weighted by Gasteiger charge is 2.31. The number of aromatic amines is 1. The maximum absolute atomic E-state index is 14.1. The molecule has 274 valence electrons. The number of benzene rings is 4. The first kappa shape index (κ1) is 37.8. The number of amides is 4. The van der Waals surface area contributed by atoms with Crippen LogP contribution in [0, 0.1) is 0 Å². The summed E-state index contributed by atoms with van der Waals surface area (Å²) in [6.45, 7) is -0.479. The first-order chi connectivity index (χ1) is 25.5. The van der Waals surface area contributed by atoms with Gasteiger partial charge in [-0.3, -0.25) is 19.2 Å². The highest BCUT2D eigenvalue weighted by Crippen LogP contribution is 2.19. The predicted octanol–water partition coefficient (Wildman–Crippen LogP) is 2.13. The molecule has 0 aliphatic rings. The van der Waals surface area contributed by atoms with E-state index in [4.69, 9.17) is 5.73 Å². The zero-order chi connectivity index (χ0) is 37.7. The van der Waals surface area contributed by atoms with Crippen molar-refractivity contribution in [2.75, 3.05) is 6.54 Å². The summed E-state index contributed by atoms with van der Waals surface area (Å²) in [5.41, 5.74) is 9.74. The second-order valence-corrected chi connectivity index (χ2v) is 12.7. The van der Waals surface area contributed by atoms with Crippen LogP contribution >= 0.6 is 0 Å². The first-order valence-corrected chi connectivity index (χ1v) is 17.1. The average Bonchev–Trinajstić information content (AvgIpc) is 3.57. The number of carboxylic acid groups (broad SMARTS) is 1. The van der Waals surface area contributed by atoms with Crippen molar-refractivity contribution < 1.29 is 34.2 Å². The number of hydrogen-bond acceptors (Lipinski definition) is 7. The van der Waals surface area contributed by atoms with Crippen molar-refractivity contribution in [3.05, 3.63) is 138 Å². The van der Waals surface area contributed by atoms with Gasteiger partial charge in [0.25, 0.3) is 0 Å². The number of hydrogen-bond donors (Lipinski definition) is 8. The Balaban J connectivity index is 1.32. The number of fused-ring (bicyclic) bond motifs is 1. The van der Waals surface area contributed by atoms with E-state index in [9.17, 15) is 34.2 Å². The number of aliphatic carboxylic acids is 1. The molecule has 13 heteroatoms. The first-order valence-electron chi connectivity index (χ1n) is 17.1. The number of aromatic nitrogens is 1. The number of para-hydroxylation sites is 1. The maximum Gasteiger partial charge on any atom is 0.326 e. The van der Waals surface area contributed by atoms with Crippen molar-refractivity contribution in [1.29, 1.82) is 0 Å². The Morgan fingerprint density at radius 3 is 1.75 bits per heavy atom.